The molecule has 2 unspecified atom stereocenters. The van der Waals surface area contributed by atoms with E-state index in [9.17, 15) is 9.59 Å². The fraction of sp³-hybridized carbons (Fsp3) is 0.833. The third kappa shape index (κ3) is 3.19. The Hall–Kier alpha value is -1.10. The predicted molar refractivity (Wildman–Crippen MR) is 64.5 cm³/mol. The molecular formula is C12H22N2O3. The molecule has 17 heavy (non-hydrogen) atoms. The van der Waals surface area contributed by atoms with Gasteiger partial charge in [-0.3, -0.25) is 4.79 Å². The molecule has 5 heteroatoms. The van der Waals surface area contributed by atoms with Gasteiger partial charge in [0.25, 0.3) is 0 Å². The van der Waals surface area contributed by atoms with E-state index in [0.717, 1.165) is 25.8 Å². The summed E-state index contributed by atoms with van der Waals surface area (Å²) in [5.74, 6) is -0.483. The molecule has 1 amide bonds. The summed E-state index contributed by atoms with van der Waals surface area (Å²) in [5.41, 5.74) is -0.499. The van der Waals surface area contributed by atoms with E-state index in [1.54, 1.807) is 13.8 Å². The van der Waals surface area contributed by atoms with E-state index in [-0.39, 0.29) is 11.9 Å². The Kier molecular flexibility index (Phi) is 4.93. The number of carbonyl (C=O) groups is 2. The molecule has 1 heterocycles. The largest absolute Gasteiger partial charge is 0.464 e. The van der Waals surface area contributed by atoms with Gasteiger partial charge in [-0.2, -0.15) is 0 Å². The predicted octanol–water partition coefficient (Wildman–Crippen LogP) is 0.586. The lowest BCUT2D eigenvalue weighted by atomic mass is 9.93. The van der Waals surface area contributed by atoms with Crippen molar-refractivity contribution in [1.82, 2.24) is 10.6 Å². The molecule has 0 bridgehead atoms. The van der Waals surface area contributed by atoms with Crippen LogP contribution in [-0.4, -0.2) is 36.6 Å². The molecule has 1 fully saturated rings. The van der Waals surface area contributed by atoms with Gasteiger partial charge < -0.3 is 15.4 Å². The lowest BCUT2D eigenvalue weighted by Gasteiger charge is -2.28. The molecule has 0 aromatic rings. The Morgan fingerprint density at radius 1 is 1.47 bits per heavy atom. The number of carbonyl (C=O) groups excluding carboxylic acids is 2. The summed E-state index contributed by atoms with van der Waals surface area (Å²) in [7, 11) is 0. The van der Waals surface area contributed by atoms with Gasteiger partial charge in [-0.1, -0.05) is 6.92 Å². The van der Waals surface area contributed by atoms with Crippen LogP contribution in [0.5, 0.6) is 0 Å². The van der Waals surface area contributed by atoms with Crippen molar-refractivity contribution < 1.29 is 14.3 Å². The fourth-order valence-corrected chi connectivity index (χ4v) is 2.12. The molecule has 1 rings (SSSR count). The van der Waals surface area contributed by atoms with E-state index >= 15 is 0 Å². The highest BCUT2D eigenvalue weighted by Crippen LogP contribution is 2.23. The first-order valence-corrected chi connectivity index (χ1v) is 6.28. The summed E-state index contributed by atoms with van der Waals surface area (Å²) in [6.45, 7) is 6.56. The zero-order valence-electron chi connectivity index (χ0n) is 10.8. The fourth-order valence-electron chi connectivity index (χ4n) is 2.12. The minimum absolute atomic E-state index is 0.0990. The first kappa shape index (κ1) is 14.0. The summed E-state index contributed by atoms with van der Waals surface area (Å²) in [4.78, 5) is 23.6. The number of ether oxygens (including phenoxy) is 1. The minimum atomic E-state index is -0.590. The van der Waals surface area contributed by atoms with Gasteiger partial charge in [0, 0.05) is 0 Å². The number of hydrogen-bond donors (Lipinski definition) is 2. The van der Waals surface area contributed by atoms with Gasteiger partial charge in [-0.15, -0.1) is 0 Å². The Labute approximate surface area is 102 Å². The zero-order valence-corrected chi connectivity index (χ0v) is 10.8. The van der Waals surface area contributed by atoms with E-state index in [1.807, 2.05) is 6.92 Å². The topological polar surface area (TPSA) is 67.4 Å². The molecule has 2 atom stereocenters. The van der Waals surface area contributed by atoms with E-state index in [0.29, 0.717) is 6.61 Å². The summed E-state index contributed by atoms with van der Waals surface area (Å²) in [6.07, 6.45) is 2.55. The van der Waals surface area contributed by atoms with E-state index in [1.165, 1.54) is 0 Å². The van der Waals surface area contributed by atoms with Gasteiger partial charge in [-0.05, 0) is 39.7 Å². The van der Waals surface area contributed by atoms with Crippen LogP contribution >= 0.6 is 0 Å². The van der Waals surface area contributed by atoms with Gasteiger partial charge in [-0.25, -0.2) is 4.79 Å². The molecule has 1 saturated heterocycles. The highest BCUT2D eigenvalue weighted by molar-refractivity contribution is 5.90. The molecule has 1 aliphatic heterocycles. The van der Waals surface area contributed by atoms with Gasteiger partial charge in [0.15, 0.2) is 0 Å². The second-order valence-electron chi connectivity index (χ2n) is 4.41. The zero-order chi connectivity index (χ0) is 12.9. The molecule has 0 aliphatic carbocycles. The number of hydrogen-bond acceptors (Lipinski definition) is 4. The van der Waals surface area contributed by atoms with Gasteiger partial charge in [0.2, 0.25) is 5.91 Å². The second-order valence-corrected chi connectivity index (χ2v) is 4.41. The quantitative estimate of drug-likeness (QED) is 0.692. The smallest absolute Gasteiger partial charge is 0.328 e. The standard InChI is InChI=1S/C12H22N2O3/c1-4-12(7-6-8-13-12)11(16)14-9(3)10(15)17-5-2/h9,13H,4-8H2,1-3H3,(H,14,16). The Morgan fingerprint density at radius 2 is 2.18 bits per heavy atom. The van der Waals surface area contributed by atoms with Gasteiger partial charge in [0.1, 0.15) is 6.04 Å². The number of nitrogens with one attached hydrogen (secondary N) is 2. The van der Waals surface area contributed by atoms with Crippen LogP contribution in [0.15, 0.2) is 0 Å². The van der Waals surface area contributed by atoms with Crippen molar-refractivity contribution in [3.8, 4) is 0 Å². The lowest BCUT2D eigenvalue weighted by Crippen LogP contribution is -2.56. The number of rotatable bonds is 5. The van der Waals surface area contributed by atoms with Crippen LogP contribution in [0.4, 0.5) is 0 Å². The second kappa shape index (κ2) is 6.00. The van der Waals surface area contributed by atoms with E-state index in [4.69, 9.17) is 4.74 Å². The van der Waals surface area contributed by atoms with Crippen LogP contribution in [0.3, 0.4) is 0 Å². The van der Waals surface area contributed by atoms with Crippen LogP contribution in [0.2, 0.25) is 0 Å². The van der Waals surface area contributed by atoms with E-state index in [2.05, 4.69) is 10.6 Å². The van der Waals surface area contributed by atoms with Crippen molar-refractivity contribution in [2.75, 3.05) is 13.2 Å². The Balaban J connectivity index is 2.55. The average molecular weight is 242 g/mol. The van der Waals surface area contributed by atoms with Crippen molar-refractivity contribution in [1.29, 1.82) is 0 Å². The van der Waals surface area contributed by atoms with Crippen LogP contribution in [-0.2, 0) is 14.3 Å². The summed E-state index contributed by atoms with van der Waals surface area (Å²) >= 11 is 0. The summed E-state index contributed by atoms with van der Waals surface area (Å²) in [5, 5.41) is 5.95. The van der Waals surface area contributed by atoms with Crippen LogP contribution < -0.4 is 10.6 Å². The molecule has 0 saturated carbocycles. The molecule has 0 radical (unpaired) electrons. The van der Waals surface area contributed by atoms with Crippen molar-refractivity contribution in [3.05, 3.63) is 0 Å². The maximum absolute atomic E-state index is 12.1. The number of esters is 1. The Bertz CT molecular complexity index is 285. The maximum Gasteiger partial charge on any atom is 0.328 e. The molecule has 0 aromatic carbocycles. The first-order valence-electron chi connectivity index (χ1n) is 6.28. The third-order valence-electron chi connectivity index (χ3n) is 3.27. The van der Waals surface area contributed by atoms with Crippen LogP contribution in [0.25, 0.3) is 0 Å². The third-order valence-corrected chi connectivity index (χ3v) is 3.27. The monoisotopic (exact) mass is 242 g/mol. The van der Waals surface area contributed by atoms with Crippen molar-refractivity contribution >= 4 is 11.9 Å². The molecule has 0 aromatic heterocycles. The van der Waals surface area contributed by atoms with Crippen LogP contribution in [0.1, 0.15) is 40.0 Å². The maximum atomic E-state index is 12.1. The minimum Gasteiger partial charge on any atom is -0.464 e. The summed E-state index contributed by atoms with van der Waals surface area (Å²) in [6, 6.07) is -0.590. The average Bonchev–Trinajstić information content (AvgIpc) is 2.79. The van der Waals surface area contributed by atoms with Gasteiger partial charge >= 0.3 is 5.97 Å². The molecule has 1 aliphatic rings. The van der Waals surface area contributed by atoms with E-state index < -0.39 is 11.6 Å². The molecule has 2 N–H and O–H groups in total. The van der Waals surface area contributed by atoms with Crippen LogP contribution in [0, 0.1) is 0 Å². The van der Waals surface area contributed by atoms with Crippen molar-refractivity contribution in [2.24, 2.45) is 0 Å². The molecular weight excluding hydrogens is 220 g/mol. The summed E-state index contributed by atoms with van der Waals surface area (Å²) < 4.78 is 4.86. The lowest BCUT2D eigenvalue weighted by molar-refractivity contribution is -0.147. The van der Waals surface area contributed by atoms with Crippen molar-refractivity contribution in [3.63, 3.8) is 0 Å². The molecule has 5 nitrogen and oxygen atoms in total. The highest BCUT2D eigenvalue weighted by atomic mass is 16.5. The molecule has 98 valence electrons. The SMILES string of the molecule is CCOC(=O)C(C)NC(=O)C1(CC)CCCN1. The number of amides is 1. The first-order chi connectivity index (χ1) is 8.05. The Morgan fingerprint density at radius 3 is 2.65 bits per heavy atom. The van der Waals surface area contributed by atoms with Gasteiger partial charge in [0.05, 0.1) is 12.1 Å². The normalized spacial score (nSPS) is 25.4. The highest BCUT2D eigenvalue weighted by Gasteiger charge is 2.40. The molecule has 0 spiro atoms. The van der Waals surface area contributed by atoms with Crippen molar-refractivity contribution in [2.45, 2.75) is 51.6 Å².